The van der Waals surface area contributed by atoms with Crippen molar-refractivity contribution in [1.29, 1.82) is 5.26 Å². The molecule has 0 aromatic heterocycles. The Morgan fingerprint density at radius 3 is 2.62 bits per heavy atom. The summed E-state index contributed by atoms with van der Waals surface area (Å²) >= 11 is 0. The standard InChI is InChI=1S/C19H24N4O3/c1-18(2,3)26-17(25)23-11-19(12-23)8-15(9-19)22-16(24)21-14-6-4-5-13(7-14)10-20/h4-7,15H,8-9,11-12H2,1-3H3,(H2,21,22,24). The fourth-order valence-corrected chi connectivity index (χ4v) is 3.58. The number of hydrogen-bond donors (Lipinski definition) is 2. The van der Waals surface area contributed by atoms with Gasteiger partial charge in [0.1, 0.15) is 5.60 Å². The summed E-state index contributed by atoms with van der Waals surface area (Å²) in [5.74, 6) is 0. The molecule has 0 bridgehead atoms. The molecule has 0 atom stereocenters. The fourth-order valence-electron chi connectivity index (χ4n) is 3.58. The van der Waals surface area contributed by atoms with Crippen molar-refractivity contribution in [2.24, 2.45) is 5.41 Å². The van der Waals surface area contributed by atoms with Crippen LogP contribution in [0.5, 0.6) is 0 Å². The Morgan fingerprint density at radius 1 is 1.31 bits per heavy atom. The lowest BCUT2D eigenvalue weighted by Gasteiger charge is -2.58. The van der Waals surface area contributed by atoms with E-state index in [4.69, 9.17) is 10.00 Å². The smallest absolute Gasteiger partial charge is 0.410 e. The Bertz CT molecular complexity index is 749. The normalized spacial score (nSPS) is 18.3. The highest BCUT2D eigenvalue weighted by Gasteiger charge is 2.54. The molecule has 3 amide bonds. The van der Waals surface area contributed by atoms with Crippen molar-refractivity contribution in [1.82, 2.24) is 10.2 Å². The van der Waals surface area contributed by atoms with Crippen molar-refractivity contribution in [3.63, 3.8) is 0 Å². The van der Waals surface area contributed by atoms with E-state index in [-0.39, 0.29) is 23.6 Å². The van der Waals surface area contributed by atoms with Gasteiger partial charge in [-0.1, -0.05) is 6.07 Å². The number of likely N-dealkylation sites (tertiary alicyclic amines) is 1. The maximum Gasteiger partial charge on any atom is 0.410 e. The van der Waals surface area contributed by atoms with Gasteiger partial charge in [-0.3, -0.25) is 0 Å². The number of carbonyl (C=O) groups is 2. The third kappa shape index (κ3) is 4.07. The van der Waals surface area contributed by atoms with Crippen LogP contribution in [0.3, 0.4) is 0 Å². The Morgan fingerprint density at radius 2 is 2.00 bits per heavy atom. The molecular formula is C19H24N4O3. The second-order valence-electron chi connectivity index (χ2n) is 8.23. The lowest BCUT2D eigenvalue weighted by Crippen LogP contribution is -2.68. The van der Waals surface area contributed by atoms with Gasteiger partial charge >= 0.3 is 12.1 Å². The summed E-state index contributed by atoms with van der Waals surface area (Å²) in [5.41, 5.74) is 0.734. The first kappa shape index (κ1) is 18.1. The van der Waals surface area contributed by atoms with Crippen molar-refractivity contribution in [3.05, 3.63) is 29.8 Å². The molecule has 1 aliphatic heterocycles. The summed E-state index contributed by atoms with van der Waals surface area (Å²) in [7, 11) is 0. The highest BCUT2D eigenvalue weighted by Crippen LogP contribution is 2.48. The first-order chi connectivity index (χ1) is 12.2. The predicted octanol–water partition coefficient (Wildman–Crippen LogP) is 3.08. The number of ether oxygens (including phenoxy) is 1. The topological polar surface area (TPSA) is 94.5 Å². The number of rotatable bonds is 2. The molecule has 2 N–H and O–H groups in total. The maximum absolute atomic E-state index is 12.1. The molecule has 1 saturated carbocycles. The van der Waals surface area contributed by atoms with Crippen LogP contribution < -0.4 is 10.6 Å². The summed E-state index contributed by atoms with van der Waals surface area (Å²) in [4.78, 5) is 25.8. The van der Waals surface area contributed by atoms with Gasteiger partial charge in [-0.25, -0.2) is 9.59 Å². The molecular weight excluding hydrogens is 332 g/mol. The minimum Gasteiger partial charge on any atom is -0.444 e. The quantitative estimate of drug-likeness (QED) is 0.851. The van der Waals surface area contributed by atoms with Gasteiger partial charge in [-0.15, -0.1) is 0 Å². The molecule has 1 aromatic carbocycles. The number of anilines is 1. The molecule has 1 heterocycles. The first-order valence-electron chi connectivity index (χ1n) is 8.74. The SMILES string of the molecule is CC(C)(C)OC(=O)N1CC2(CC(NC(=O)Nc3cccc(C#N)c3)C2)C1. The van der Waals surface area contributed by atoms with Crippen molar-refractivity contribution in [2.75, 3.05) is 18.4 Å². The van der Waals surface area contributed by atoms with Gasteiger partial charge in [0.15, 0.2) is 0 Å². The third-order valence-electron chi connectivity index (χ3n) is 4.65. The van der Waals surface area contributed by atoms with Crippen LogP contribution in [0.1, 0.15) is 39.2 Å². The second kappa shape index (κ2) is 6.52. The van der Waals surface area contributed by atoms with Crippen LogP contribution in [0.4, 0.5) is 15.3 Å². The lowest BCUT2D eigenvalue weighted by atomic mass is 9.61. The number of carbonyl (C=O) groups excluding carboxylic acids is 2. The molecule has 1 spiro atoms. The van der Waals surface area contributed by atoms with Crippen LogP contribution in [0.15, 0.2) is 24.3 Å². The molecule has 0 radical (unpaired) electrons. The zero-order chi connectivity index (χ0) is 18.9. The highest BCUT2D eigenvalue weighted by molar-refractivity contribution is 5.89. The molecule has 2 fully saturated rings. The fraction of sp³-hybridized carbons (Fsp3) is 0.526. The number of benzene rings is 1. The molecule has 1 aromatic rings. The minimum atomic E-state index is -0.482. The molecule has 3 rings (SSSR count). The number of amides is 3. The number of hydrogen-bond acceptors (Lipinski definition) is 4. The van der Waals surface area contributed by atoms with Gasteiger partial charge in [0.25, 0.3) is 0 Å². The molecule has 7 heteroatoms. The van der Waals surface area contributed by atoms with E-state index < -0.39 is 5.60 Å². The van der Waals surface area contributed by atoms with E-state index in [9.17, 15) is 9.59 Å². The maximum atomic E-state index is 12.1. The van der Waals surface area contributed by atoms with Gasteiger partial charge in [0.05, 0.1) is 11.6 Å². The van der Waals surface area contributed by atoms with Gasteiger partial charge in [0, 0.05) is 30.2 Å². The molecule has 138 valence electrons. The van der Waals surface area contributed by atoms with Crippen LogP contribution in [-0.4, -0.2) is 41.8 Å². The minimum absolute atomic E-state index is 0.106. The number of nitrogens with zero attached hydrogens (tertiary/aromatic N) is 2. The van der Waals surface area contributed by atoms with Crippen molar-refractivity contribution < 1.29 is 14.3 Å². The van der Waals surface area contributed by atoms with E-state index in [0.717, 1.165) is 12.8 Å². The second-order valence-corrected chi connectivity index (χ2v) is 8.23. The number of urea groups is 1. The van der Waals surface area contributed by atoms with Gasteiger partial charge in [0.2, 0.25) is 0 Å². The lowest BCUT2D eigenvalue weighted by molar-refractivity contribution is -0.0806. The number of nitriles is 1. The molecule has 7 nitrogen and oxygen atoms in total. The molecule has 26 heavy (non-hydrogen) atoms. The zero-order valence-corrected chi connectivity index (χ0v) is 15.3. The van der Waals surface area contributed by atoms with E-state index in [1.54, 1.807) is 29.2 Å². The van der Waals surface area contributed by atoms with Crippen LogP contribution in [-0.2, 0) is 4.74 Å². The predicted molar refractivity (Wildman–Crippen MR) is 96.6 cm³/mol. The third-order valence-corrected chi connectivity index (χ3v) is 4.65. The molecule has 0 unspecified atom stereocenters. The summed E-state index contributed by atoms with van der Waals surface area (Å²) in [6.07, 6.45) is 1.45. The van der Waals surface area contributed by atoms with E-state index in [1.165, 1.54) is 0 Å². The summed E-state index contributed by atoms with van der Waals surface area (Å²) < 4.78 is 5.36. The van der Waals surface area contributed by atoms with Crippen molar-refractivity contribution in [3.8, 4) is 6.07 Å². The average molecular weight is 356 g/mol. The first-order valence-corrected chi connectivity index (χ1v) is 8.74. The average Bonchev–Trinajstić information content (AvgIpc) is 2.46. The van der Waals surface area contributed by atoms with Gasteiger partial charge in [-0.05, 0) is 51.8 Å². The Hall–Kier alpha value is -2.75. The summed E-state index contributed by atoms with van der Waals surface area (Å²) in [6, 6.07) is 8.66. The van der Waals surface area contributed by atoms with Crippen LogP contribution in [0.25, 0.3) is 0 Å². The van der Waals surface area contributed by atoms with Crippen LogP contribution >= 0.6 is 0 Å². The molecule has 1 saturated heterocycles. The summed E-state index contributed by atoms with van der Waals surface area (Å²) in [6.45, 7) is 6.94. The van der Waals surface area contributed by atoms with E-state index in [1.807, 2.05) is 26.8 Å². The Kier molecular flexibility index (Phi) is 4.53. The van der Waals surface area contributed by atoms with Crippen LogP contribution in [0, 0.1) is 16.7 Å². The molecule has 2 aliphatic rings. The zero-order valence-electron chi connectivity index (χ0n) is 15.3. The van der Waals surface area contributed by atoms with Crippen molar-refractivity contribution >= 4 is 17.8 Å². The van der Waals surface area contributed by atoms with Crippen LogP contribution in [0.2, 0.25) is 0 Å². The van der Waals surface area contributed by atoms with Gasteiger partial charge in [-0.2, -0.15) is 5.26 Å². The number of nitrogens with one attached hydrogen (secondary N) is 2. The summed E-state index contributed by atoms with van der Waals surface area (Å²) in [5, 5.41) is 14.6. The van der Waals surface area contributed by atoms with E-state index >= 15 is 0 Å². The van der Waals surface area contributed by atoms with E-state index in [2.05, 4.69) is 10.6 Å². The Balaban J connectivity index is 1.40. The highest BCUT2D eigenvalue weighted by atomic mass is 16.6. The van der Waals surface area contributed by atoms with E-state index in [0.29, 0.717) is 24.3 Å². The van der Waals surface area contributed by atoms with Crippen molar-refractivity contribution in [2.45, 2.75) is 45.3 Å². The monoisotopic (exact) mass is 356 g/mol. The van der Waals surface area contributed by atoms with Gasteiger partial charge < -0.3 is 20.3 Å². The Labute approximate surface area is 153 Å². The molecule has 1 aliphatic carbocycles. The largest absolute Gasteiger partial charge is 0.444 e.